The molecule has 1 heterocycles. The Morgan fingerprint density at radius 1 is 1.10 bits per heavy atom. The van der Waals surface area contributed by atoms with Crippen LogP contribution in [0, 0.1) is 11.8 Å². The molecule has 0 amide bonds. The Balaban J connectivity index is 2.03. The molecule has 3 atom stereocenters. The van der Waals surface area contributed by atoms with Crippen LogP contribution in [0.2, 0.25) is 0 Å². The Kier molecular flexibility index (Phi) is 6.24. The average molecular weight is 289 g/mol. The Labute approximate surface area is 128 Å². The third-order valence-corrected chi connectivity index (χ3v) is 4.35. The van der Waals surface area contributed by atoms with Crippen molar-refractivity contribution in [3.63, 3.8) is 0 Å². The van der Waals surface area contributed by atoms with Crippen molar-refractivity contribution >= 4 is 5.97 Å². The van der Waals surface area contributed by atoms with Gasteiger partial charge in [-0.05, 0) is 43.7 Å². The molecule has 21 heavy (non-hydrogen) atoms. The summed E-state index contributed by atoms with van der Waals surface area (Å²) in [4.78, 5) is 12.1. The Hall–Kier alpha value is -1.35. The van der Waals surface area contributed by atoms with Crippen molar-refractivity contribution in [1.82, 2.24) is 5.32 Å². The number of hydrogen-bond donors (Lipinski definition) is 1. The van der Waals surface area contributed by atoms with E-state index in [2.05, 4.69) is 24.4 Å². The van der Waals surface area contributed by atoms with Crippen molar-refractivity contribution in [1.29, 1.82) is 0 Å². The van der Waals surface area contributed by atoms with Crippen molar-refractivity contribution in [3.05, 3.63) is 35.9 Å². The van der Waals surface area contributed by atoms with E-state index in [0.29, 0.717) is 12.5 Å². The molecule has 116 valence electrons. The van der Waals surface area contributed by atoms with E-state index >= 15 is 0 Å². The van der Waals surface area contributed by atoms with E-state index in [0.717, 1.165) is 19.4 Å². The van der Waals surface area contributed by atoms with E-state index < -0.39 is 0 Å². The molecule has 1 N–H and O–H groups in total. The Bertz CT molecular complexity index is 432. The molecule has 0 aliphatic carbocycles. The Morgan fingerprint density at radius 2 is 1.86 bits per heavy atom. The van der Waals surface area contributed by atoms with E-state index in [1.807, 2.05) is 25.1 Å². The first-order valence-electron chi connectivity index (χ1n) is 8.11. The van der Waals surface area contributed by atoms with Gasteiger partial charge in [-0.2, -0.15) is 0 Å². The fraction of sp³-hybridized carbons (Fsp3) is 0.611. The minimum Gasteiger partial charge on any atom is -0.463 e. The normalized spacial score (nSPS) is 29.0. The van der Waals surface area contributed by atoms with Crippen molar-refractivity contribution in [2.45, 2.75) is 45.6 Å². The molecule has 0 unspecified atom stereocenters. The summed E-state index contributed by atoms with van der Waals surface area (Å²) in [5.41, 5.74) is 1.18. The van der Waals surface area contributed by atoms with Crippen molar-refractivity contribution in [2.75, 3.05) is 13.2 Å². The average Bonchev–Trinajstić information content (AvgIpc) is 2.51. The van der Waals surface area contributed by atoms with E-state index in [1.165, 1.54) is 18.4 Å². The largest absolute Gasteiger partial charge is 0.463 e. The van der Waals surface area contributed by atoms with E-state index in [-0.39, 0.29) is 17.9 Å². The molecular weight excluding hydrogens is 262 g/mol. The van der Waals surface area contributed by atoms with Crippen LogP contribution >= 0.6 is 0 Å². The topological polar surface area (TPSA) is 38.3 Å². The number of nitrogens with one attached hydrogen (secondary N) is 1. The predicted octanol–water partition coefficient (Wildman–Crippen LogP) is 3.71. The lowest BCUT2D eigenvalue weighted by Gasteiger charge is -2.23. The molecule has 1 aromatic rings. The minimum atomic E-state index is -0.0643. The quantitative estimate of drug-likeness (QED) is 0.801. The van der Waals surface area contributed by atoms with Gasteiger partial charge in [-0.15, -0.1) is 0 Å². The number of rotatable bonds is 1. The van der Waals surface area contributed by atoms with Crippen LogP contribution in [-0.4, -0.2) is 19.1 Å². The summed E-state index contributed by atoms with van der Waals surface area (Å²) in [6.07, 6.45) is 4.44. The van der Waals surface area contributed by atoms with Crippen molar-refractivity contribution < 1.29 is 9.53 Å². The van der Waals surface area contributed by atoms with Crippen LogP contribution < -0.4 is 5.32 Å². The molecule has 0 radical (unpaired) electrons. The summed E-state index contributed by atoms with van der Waals surface area (Å²) in [6.45, 7) is 5.64. The number of cyclic esters (lactones) is 1. The lowest BCUT2D eigenvalue weighted by atomic mass is 9.94. The standard InChI is InChI=1S/C18H27NO2/c1-14-7-6-12-19-17(16-8-4-3-5-9-16)13-21-18(20)15(2)11-10-14/h3-5,8-9,14-15,17,19H,6-7,10-13H2,1-2H3/t14-,15-,17+/m1/s1. The monoisotopic (exact) mass is 289 g/mol. The van der Waals surface area contributed by atoms with Gasteiger partial charge in [0.1, 0.15) is 6.61 Å². The van der Waals surface area contributed by atoms with Gasteiger partial charge in [0.05, 0.1) is 12.0 Å². The number of esters is 1. The summed E-state index contributed by atoms with van der Waals surface area (Å²) in [7, 11) is 0. The molecular formula is C18H27NO2. The van der Waals surface area contributed by atoms with Gasteiger partial charge in [0.2, 0.25) is 0 Å². The van der Waals surface area contributed by atoms with E-state index in [1.54, 1.807) is 0 Å². The van der Waals surface area contributed by atoms with Crippen LogP contribution in [0.4, 0.5) is 0 Å². The number of carbonyl (C=O) groups excluding carboxylic acids is 1. The first-order valence-corrected chi connectivity index (χ1v) is 8.11. The number of carbonyl (C=O) groups is 1. The predicted molar refractivity (Wildman–Crippen MR) is 84.9 cm³/mol. The van der Waals surface area contributed by atoms with Gasteiger partial charge in [-0.25, -0.2) is 0 Å². The van der Waals surface area contributed by atoms with Crippen molar-refractivity contribution in [3.8, 4) is 0 Å². The smallest absolute Gasteiger partial charge is 0.308 e. The lowest BCUT2D eigenvalue weighted by Crippen LogP contribution is -2.29. The molecule has 1 aliphatic heterocycles. The summed E-state index contributed by atoms with van der Waals surface area (Å²) in [6, 6.07) is 10.3. The second-order valence-corrected chi connectivity index (χ2v) is 6.27. The van der Waals surface area contributed by atoms with Gasteiger partial charge >= 0.3 is 5.97 Å². The molecule has 1 saturated heterocycles. The molecule has 3 heteroatoms. The Morgan fingerprint density at radius 3 is 2.62 bits per heavy atom. The fourth-order valence-corrected chi connectivity index (χ4v) is 2.79. The highest BCUT2D eigenvalue weighted by molar-refractivity contribution is 5.71. The molecule has 0 bridgehead atoms. The van der Waals surface area contributed by atoms with Gasteiger partial charge in [0.25, 0.3) is 0 Å². The van der Waals surface area contributed by atoms with Gasteiger partial charge in [-0.3, -0.25) is 4.79 Å². The molecule has 1 fully saturated rings. The molecule has 2 rings (SSSR count). The van der Waals surface area contributed by atoms with Gasteiger partial charge < -0.3 is 10.1 Å². The first-order chi connectivity index (χ1) is 10.2. The maximum Gasteiger partial charge on any atom is 0.308 e. The van der Waals surface area contributed by atoms with Crippen LogP contribution in [-0.2, 0) is 9.53 Å². The van der Waals surface area contributed by atoms with Crippen LogP contribution in [0.1, 0.15) is 51.1 Å². The highest BCUT2D eigenvalue weighted by Crippen LogP contribution is 2.20. The molecule has 0 spiro atoms. The summed E-state index contributed by atoms with van der Waals surface area (Å²) >= 11 is 0. The van der Waals surface area contributed by atoms with Crippen LogP contribution in [0.3, 0.4) is 0 Å². The minimum absolute atomic E-state index is 0.00306. The highest BCUT2D eigenvalue weighted by atomic mass is 16.5. The number of benzene rings is 1. The number of ether oxygens (including phenoxy) is 1. The summed E-state index contributed by atoms with van der Waals surface area (Å²) < 4.78 is 5.53. The molecule has 3 nitrogen and oxygen atoms in total. The molecule has 1 aromatic carbocycles. The van der Waals surface area contributed by atoms with E-state index in [9.17, 15) is 4.79 Å². The first kappa shape index (κ1) is 16.0. The third-order valence-electron chi connectivity index (χ3n) is 4.35. The summed E-state index contributed by atoms with van der Waals surface area (Å²) in [5, 5.41) is 3.53. The van der Waals surface area contributed by atoms with Crippen LogP contribution in [0.15, 0.2) is 30.3 Å². The maximum absolute atomic E-state index is 12.1. The molecule has 0 saturated carbocycles. The molecule has 0 aromatic heterocycles. The van der Waals surface area contributed by atoms with Gasteiger partial charge in [0, 0.05) is 0 Å². The second-order valence-electron chi connectivity index (χ2n) is 6.27. The van der Waals surface area contributed by atoms with E-state index in [4.69, 9.17) is 4.74 Å². The van der Waals surface area contributed by atoms with Crippen LogP contribution in [0.5, 0.6) is 0 Å². The van der Waals surface area contributed by atoms with Crippen LogP contribution in [0.25, 0.3) is 0 Å². The third kappa shape index (κ3) is 5.16. The fourth-order valence-electron chi connectivity index (χ4n) is 2.79. The van der Waals surface area contributed by atoms with Gasteiger partial charge in [-0.1, -0.05) is 44.2 Å². The van der Waals surface area contributed by atoms with Crippen molar-refractivity contribution in [2.24, 2.45) is 11.8 Å². The van der Waals surface area contributed by atoms with Gasteiger partial charge in [0.15, 0.2) is 0 Å². The summed E-state index contributed by atoms with van der Waals surface area (Å²) in [5.74, 6) is 0.616. The maximum atomic E-state index is 12.1. The molecule has 1 aliphatic rings. The zero-order valence-electron chi connectivity index (χ0n) is 13.2. The zero-order chi connectivity index (χ0) is 15.1. The second kappa shape index (κ2) is 8.18. The number of hydrogen-bond acceptors (Lipinski definition) is 3. The SMILES string of the molecule is C[C@@H]1CCCN[C@H](c2ccccc2)COC(=O)[C@H](C)CC1. The highest BCUT2D eigenvalue weighted by Gasteiger charge is 2.20. The lowest BCUT2D eigenvalue weighted by molar-refractivity contribution is -0.149. The zero-order valence-corrected chi connectivity index (χ0v) is 13.2.